The number of carboxylic acids is 1. The van der Waals surface area contributed by atoms with Crippen LogP contribution in [0, 0.1) is 0 Å². The van der Waals surface area contributed by atoms with Gasteiger partial charge in [0, 0.05) is 6.92 Å². The van der Waals surface area contributed by atoms with Crippen LogP contribution < -0.4 is 5.32 Å². The number of hydrogen-bond acceptors (Lipinski definition) is 7. The number of aliphatic hydroxyl groups is 4. The maximum absolute atomic E-state index is 14.1. The summed E-state index contributed by atoms with van der Waals surface area (Å²) < 4.78 is 32.3. The van der Waals surface area contributed by atoms with Crippen LogP contribution in [0.25, 0.3) is 0 Å². The van der Waals surface area contributed by atoms with Crippen LogP contribution in [0.3, 0.4) is 0 Å². The summed E-state index contributed by atoms with van der Waals surface area (Å²) in [5.74, 6) is -7.19. The topological polar surface area (TPSA) is 157 Å². The Morgan fingerprint density at radius 2 is 1.95 bits per heavy atom. The van der Waals surface area contributed by atoms with Crippen molar-refractivity contribution >= 4 is 11.9 Å². The highest BCUT2D eigenvalue weighted by Gasteiger charge is 2.62. The molecule has 1 aliphatic rings. The lowest BCUT2D eigenvalue weighted by Crippen LogP contribution is -2.71. The molecule has 0 spiro atoms. The summed E-state index contributed by atoms with van der Waals surface area (Å²) in [6, 6.07) is -1.74. The molecular formula is C11H17F2NO8. The number of ether oxygens (including phenoxy) is 1. The molecule has 0 aromatic carbocycles. The minimum absolute atomic E-state index is 0.808. The second-order valence-corrected chi connectivity index (χ2v) is 4.89. The Morgan fingerprint density at radius 3 is 2.36 bits per heavy atom. The normalized spacial score (nSPS) is 38.1. The fourth-order valence-corrected chi connectivity index (χ4v) is 2.11. The molecule has 0 bridgehead atoms. The van der Waals surface area contributed by atoms with Crippen molar-refractivity contribution < 1.29 is 48.6 Å². The first-order valence-corrected chi connectivity index (χ1v) is 6.22. The van der Waals surface area contributed by atoms with Crippen LogP contribution in [0.5, 0.6) is 0 Å². The molecule has 1 heterocycles. The van der Waals surface area contributed by atoms with Gasteiger partial charge in [0.15, 0.2) is 6.17 Å². The van der Waals surface area contributed by atoms with Crippen LogP contribution >= 0.6 is 0 Å². The number of rotatable bonds is 5. The molecule has 0 aromatic rings. The number of carboxylic acid groups (broad SMARTS) is 1. The molecule has 7 atom stereocenters. The van der Waals surface area contributed by atoms with Gasteiger partial charge in [0.1, 0.15) is 24.4 Å². The monoisotopic (exact) mass is 329 g/mol. The fourth-order valence-electron chi connectivity index (χ4n) is 2.11. The minimum Gasteiger partial charge on any atom is -0.477 e. The lowest BCUT2D eigenvalue weighted by Gasteiger charge is -2.45. The van der Waals surface area contributed by atoms with E-state index in [1.807, 2.05) is 5.32 Å². The van der Waals surface area contributed by atoms with E-state index < -0.39 is 61.0 Å². The molecule has 0 saturated carbocycles. The first-order chi connectivity index (χ1) is 10.1. The Kier molecular flexibility index (Phi) is 5.76. The van der Waals surface area contributed by atoms with E-state index in [0.29, 0.717) is 0 Å². The van der Waals surface area contributed by atoms with Crippen molar-refractivity contribution in [3.63, 3.8) is 0 Å². The second kappa shape index (κ2) is 6.79. The van der Waals surface area contributed by atoms with Crippen molar-refractivity contribution in [2.24, 2.45) is 0 Å². The Bertz CT molecular complexity index is 438. The number of nitrogens with one attached hydrogen (secondary N) is 1. The molecule has 11 heteroatoms. The van der Waals surface area contributed by atoms with Gasteiger partial charge in [0.2, 0.25) is 5.91 Å². The molecule has 1 fully saturated rings. The average molecular weight is 329 g/mol. The number of hydrogen-bond donors (Lipinski definition) is 6. The molecule has 1 saturated heterocycles. The van der Waals surface area contributed by atoms with Gasteiger partial charge in [0.25, 0.3) is 0 Å². The molecule has 0 unspecified atom stereocenters. The zero-order valence-corrected chi connectivity index (χ0v) is 11.4. The van der Waals surface area contributed by atoms with Crippen LogP contribution in [0.15, 0.2) is 0 Å². The predicted octanol–water partition coefficient (Wildman–Crippen LogP) is -2.95. The first kappa shape index (κ1) is 18.6. The van der Waals surface area contributed by atoms with Crippen LogP contribution in [0.2, 0.25) is 0 Å². The number of carbonyl (C=O) groups is 2. The minimum atomic E-state index is -3.99. The Morgan fingerprint density at radius 1 is 1.41 bits per heavy atom. The Labute approximate surface area is 123 Å². The summed E-state index contributed by atoms with van der Waals surface area (Å²) in [4.78, 5) is 21.9. The molecule has 128 valence electrons. The average Bonchev–Trinajstić information content (AvgIpc) is 2.45. The van der Waals surface area contributed by atoms with Gasteiger partial charge < -0.3 is 35.6 Å². The smallest absolute Gasteiger partial charge is 0.372 e. The number of carbonyl (C=O) groups excluding carboxylic acids is 1. The predicted molar refractivity (Wildman–Crippen MR) is 64.0 cm³/mol. The third-order valence-electron chi connectivity index (χ3n) is 3.26. The lowest BCUT2D eigenvalue weighted by atomic mass is 9.88. The van der Waals surface area contributed by atoms with Crippen molar-refractivity contribution in [1.82, 2.24) is 5.32 Å². The highest BCUT2D eigenvalue weighted by molar-refractivity contribution is 5.77. The van der Waals surface area contributed by atoms with Crippen molar-refractivity contribution in [2.45, 2.75) is 49.4 Å². The van der Waals surface area contributed by atoms with Gasteiger partial charge in [-0.2, -0.15) is 4.39 Å². The molecule has 1 rings (SSSR count). The number of aliphatic carboxylic acids is 1. The quantitative estimate of drug-likeness (QED) is 0.313. The van der Waals surface area contributed by atoms with Gasteiger partial charge >= 0.3 is 11.8 Å². The molecule has 6 N–H and O–H groups in total. The van der Waals surface area contributed by atoms with Gasteiger partial charge in [-0.05, 0) is 0 Å². The van der Waals surface area contributed by atoms with E-state index in [-0.39, 0.29) is 0 Å². The van der Waals surface area contributed by atoms with E-state index in [4.69, 9.17) is 10.2 Å². The fraction of sp³-hybridized carbons (Fsp3) is 0.818. The Balaban J connectivity index is 3.19. The molecule has 0 aliphatic carbocycles. The standard InChI is InChI=1S/C11H17F2NO8/c1-3(16)14-5-7(19)9(12)11(13,10(20)21)22-8(5)6(18)4(17)2-15/h4-9,15,17-19H,2H2,1H3,(H,14,16)(H,20,21)/t4-,5-,6+,7-,8-,9-,11-/m1/s1. The van der Waals surface area contributed by atoms with Crippen molar-refractivity contribution in [3.8, 4) is 0 Å². The second-order valence-electron chi connectivity index (χ2n) is 4.89. The van der Waals surface area contributed by atoms with E-state index in [0.717, 1.165) is 6.92 Å². The van der Waals surface area contributed by atoms with Crippen LogP contribution in [0.4, 0.5) is 8.78 Å². The summed E-state index contributed by atoms with van der Waals surface area (Å²) in [6.45, 7) is -0.0321. The molecule has 0 radical (unpaired) electrons. The third kappa shape index (κ3) is 3.33. The number of halogens is 2. The Hall–Kier alpha value is -1.40. The number of amides is 1. The van der Waals surface area contributed by atoms with Crippen LogP contribution in [-0.4, -0.2) is 86.5 Å². The highest BCUT2D eigenvalue weighted by Crippen LogP contribution is 2.35. The first-order valence-electron chi connectivity index (χ1n) is 6.22. The van der Waals surface area contributed by atoms with E-state index in [2.05, 4.69) is 4.74 Å². The third-order valence-corrected chi connectivity index (χ3v) is 3.26. The number of aliphatic hydroxyl groups excluding tert-OH is 4. The van der Waals surface area contributed by atoms with Gasteiger partial charge in [-0.1, -0.05) is 0 Å². The van der Waals surface area contributed by atoms with E-state index in [1.54, 1.807) is 0 Å². The maximum atomic E-state index is 14.1. The highest BCUT2D eigenvalue weighted by atomic mass is 19.2. The molecular weight excluding hydrogens is 312 g/mol. The largest absolute Gasteiger partial charge is 0.477 e. The van der Waals surface area contributed by atoms with Crippen molar-refractivity contribution in [1.29, 1.82) is 0 Å². The van der Waals surface area contributed by atoms with Gasteiger partial charge in [0.05, 0.1) is 12.6 Å². The number of alkyl halides is 2. The zero-order valence-electron chi connectivity index (χ0n) is 11.4. The van der Waals surface area contributed by atoms with Gasteiger partial charge in [-0.3, -0.25) is 4.79 Å². The van der Waals surface area contributed by atoms with Gasteiger partial charge in [-0.15, -0.1) is 0 Å². The SMILES string of the molecule is CC(=O)N[C@@H]1[C@@H](O)[C@@H](F)[C@](F)(C(=O)O)O[C@H]1[C@@H](O)[C@H](O)CO. The van der Waals surface area contributed by atoms with E-state index >= 15 is 0 Å². The molecule has 9 nitrogen and oxygen atoms in total. The molecule has 1 amide bonds. The lowest BCUT2D eigenvalue weighted by molar-refractivity contribution is -0.293. The van der Waals surface area contributed by atoms with Crippen LogP contribution in [-0.2, 0) is 14.3 Å². The van der Waals surface area contributed by atoms with E-state index in [9.17, 15) is 33.7 Å². The van der Waals surface area contributed by atoms with E-state index in [1.165, 1.54) is 0 Å². The zero-order chi connectivity index (χ0) is 17.2. The maximum Gasteiger partial charge on any atom is 0.372 e. The summed E-state index contributed by atoms with van der Waals surface area (Å²) >= 11 is 0. The molecule has 1 aliphatic heterocycles. The van der Waals surface area contributed by atoms with Crippen LogP contribution in [0.1, 0.15) is 6.92 Å². The molecule has 0 aromatic heterocycles. The summed E-state index contributed by atoms with van der Waals surface area (Å²) in [7, 11) is 0. The molecule has 22 heavy (non-hydrogen) atoms. The summed E-state index contributed by atoms with van der Waals surface area (Å²) in [5.41, 5.74) is 0. The van der Waals surface area contributed by atoms with Crippen molar-refractivity contribution in [2.75, 3.05) is 6.61 Å². The summed E-state index contributed by atoms with van der Waals surface area (Å²) in [5, 5.41) is 48.3. The summed E-state index contributed by atoms with van der Waals surface area (Å²) in [6.07, 6.45) is -11.4. The van der Waals surface area contributed by atoms with Crippen molar-refractivity contribution in [3.05, 3.63) is 0 Å². The van der Waals surface area contributed by atoms with Gasteiger partial charge in [-0.25, -0.2) is 9.18 Å².